The predicted octanol–water partition coefficient (Wildman–Crippen LogP) is 4.50. The van der Waals surface area contributed by atoms with Crippen molar-refractivity contribution in [2.75, 3.05) is 4.90 Å². The Hall–Kier alpha value is -3.23. The largest absolute Gasteiger partial charge is 0.436 e. The normalized spacial score (nSPS) is 19.0. The molecule has 0 N–H and O–H groups in total. The van der Waals surface area contributed by atoms with Crippen molar-refractivity contribution in [3.8, 4) is 11.1 Å². The number of fused-ring (bicyclic) bond motifs is 1. The van der Waals surface area contributed by atoms with Crippen LogP contribution in [0.3, 0.4) is 0 Å². The highest BCUT2D eigenvalue weighted by molar-refractivity contribution is 6.07. The molecule has 1 atom stereocenters. The number of hydrogen-bond acceptors (Lipinski definition) is 2. The van der Waals surface area contributed by atoms with Crippen LogP contribution in [0.5, 0.6) is 0 Å². The summed E-state index contributed by atoms with van der Waals surface area (Å²) in [6.45, 7) is -0.531. The maximum Gasteiger partial charge on any atom is 0.436 e. The van der Waals surface area contributed by atoms with Crippen LogP contribution >= 0.6 is 0 Å². The molecular formula is C20H14F5N3O. The van der Waals surface area contributed by atoms with Crippen LogP contribution in [0.4, 0.5) is 27.6 Å². The van der Waals surface area contributed by atoms with Gasteiger partial charge in [-0.15, -0.1) is 0 Å². The van der Waals surface area contributed by atoms with Gasteiger partial charge in [-0.25, -0.2) is 8.78 Å². The average Bonchev–Trinajstić information content (AvgIpc) is 3.19. The molecule has 0 spiro atoms. The Kier molecular flexibility index (Phi) is 4.21. The average molecular weight is 407 g/mol. The van der Waals surface area contributed by atoms with Gasteiger partial charge < -0.3 is 4.90 Å². The van der Waals surface area contributed by atoms with Crippen LogP contribution in [0, 0.1) is 5.82 Å². The summed E-state index contributed by atoms with van der Waals surface area (Å²) in [6.07, 6.45) is -2.22. The fourth-order valence-corrected chi connectivity index (χ4v) is 3.44. The number of amides is 1. The molecule has 1 aliphatic rings. The van der Waals surface area contributed by atoms with Gasteiger partial charge >= 0.3 is 11.8 Å². The van der Waals surface area contributed by atoms with E-state index in [1.165, 1.54) is 36.5 Å². The van der Waals surface area contributed by atoms with Gasteiger partial charge in [0.1, 0.15) is 5.82 Å². The van der Waals surface area contributed by atoms with Gasteiger partial charge in [-0.1, -0.05) is 30.3 Å². The highest BCUT2D eigenvalue weighted by atomic mass is 19.4. The number of carbonyl (C=O) groups excluding carboxylic acids is 1. The molecule has 0 aliphatic carbocycles. The molecule has 1 aromatic heterocycles. The van der Waals surface area contributed by atoms with E-state index in [9.17, 15) is 26.7 Å². The number of nitrogens with zero attached hydrogens (tertiary/aromatic N) is 3. The highest BCUT2D eigenvalue weighted by Crippen LogP contribution is 2.52. The van der Waals surface area contributed by atoms with Crippen LogP contribution in [0.25, 0.3) is 11.1 Å². The van der Waals surface area contributed by atoms with Crippen LogP contribution in [0.1, 0.15) is 11.1 Å². The Morgan fingerprint density at radius 2 is 1.83 bits per heavy atom. The number of aromatic nitrogens is 2. The summed E-state index contributed by atoms with van der Waals surface area (Å²) < 4.78 is 71.3. The van der Waals surface area contributed by atoms with Crippen LogP contribution in [-0.4, -0.2) is 21.9 Å². The summed E-state index contributed by atoms with van der Waals surface area (Å²) in [5.74, 6) is -2.50. The second-order valence-electron chi connectivity index (χ2n) is 6.77. The first-order valence-corrected chi connectivity index (χ1v) is 8.57. The molecule has 0 radical (unpaired) electrons. The standard InChI is InChI=1S/C20H14F5N3O/c1-27-10-14(9-26-27)12-6-7-13(16(21)8-12)11-28-17-5-3-2-4-15(17)19(22,18(28)29)20(23,24)25/h2-10H,11H2,1H3. The number of hydrogen-bond donors (Lipinski definition) is 0. The number of rotatable bonds is 3. The summed E-state index contributed by atoms with van der Waals surface area (Å²) in [7, 11) is 1.70. The third kappa shape index (κ3) is 2.88. The predicted molar refractivity (Wildman–Crippen MR) is 95.1 cm³/mol. The summed E-state index contributed by atoms with van der Waals surface area (Å²) in [5.41, 5.74) is -4.04. The van der Waals surface area contributed by atoms with Crippen molar-refractivity contribution in [2.24, 2.45) is 7.05 Å². The maximum absolute atomic E-state index is 14.9. The minimum atomic E-state index is -5.43. The lowest BCUT2D eigenvalue weighted by Crippen LogP contribution is -2.47. The molecule has 1 unspecified atom stereocenters. The lowest BCUT2D eigenvalue weighted by atomic mass is 9.97. The first-order chi connectivity index (χ1) is 13.6. The second kappa shape index (κ2) is 6.40. The van der Waals surface area contributed by atoms with E-state index in [0.29, 0.717) is 16.0 Å². The first kappa shape index (κ1) is 19.1. The molecule has 4 nitrogen and oxygen atoms in total. The zero-order valence-electron chi connectivity index (χ0n) is 15.0. The molecule has 0 saturated carbocycles. The first-order valence-electron chi connectivity index (χ1n) is 8.57. The molecule has 0 saturated heterocycles. The molecule has 1 amide bonds. The van der Waals surface area contributed by atoms with Gasteiger partial charge in [0.25, 0.3) is 5.91 Å². The Morgan fingerprint density at radius 3 is 2.45 bits per heavy atom. The minimum Gasteiger partial charge on any atom is -0.304 e. The molecule has 150 valence electrons. The van der Waals surface area contributed by atoms with Crippen LogP contribution in [0.15, 0.2) is 54.9 Å². The van der Waals surface area contributed by atoms with Gasteiger partial charge in [0.05, 0.1) is 18.4 Å². The van der Waals surface area contributed by atoms with Crippen molar-refractivity contribution >= 4 is 11.6 Å². The topological polar surface area (TPSA) is 38.1 Å². The van der Waals surface area contributed by atoms with Crippen LogP contribution in [-0.2, 0) is 24.1 Å². The fourth-order valence-electron chi connectivity index (χ4n) is 3.44. The van der Waals surface area contributed by atoms with Crippen molar-refractivity contribution in [1.82, 2.24) is 9.78 Å². The molecule has 2 aromatic carbocycles. The summed E-state index contributed by atoms with van der Waals surface area (Å²) in [6, 6.07) is 8.87. The van der Waals surface area contributed by atoms with Crippen molar-refractivity contribution < 1.29 is 26.7 Å². The van der Waals surface area contributed by atoms with E-state index in [1.807, 2.05) is 0 Å². The SMILES string of the molecule is Cn1cc(-c2ccc(CN3C(=O)C(F)(C(F)(F)F)c4ccccc43)c(F)c2)cn1. The van der Waals surface area contributed by atoms with Crippen molar-refractivity contribution in [2.45, 2.75) is 18.4 Å². The molecule has 2 heterocycles. The number of aryl methyl sites for hydroxylation is 1. The Balaban J connectivity index is 1.71. The number of benzene rings is 2. The Labute approximate surface area is 162 Å². The van der Waals surface area contributed by atoms with Gasteiger partial charge in [0, 0.05) is 29.9 Å². The van der Waals surface area contributed by atoms with Gasteiger partial charge in [0.15, 0.2) is 0 Å². The quantitative estimate of drug-likeness (QED) is 0.600. The fraction of sp³-hybridized carbons (Fsp3) is 0.200. The summed E-state index contributed by atoms with van der Waals surface area (Å²) in [5, 5.41) is 4.00. The number of para-hydroxylation sites is 1. The van der Waals surface area contributed by atoms with E-state index in [4.69, 9.17) is 0 Å². The molecule has 4 rings (SSSR count). The Morgan fingerprint density at radius 1 is 1.10 bits per heavy atom. The van der Waals surface area contributed by atoms with Crippen LogP contribution < -0.4 is 4.90 Å². The third-order valence-electron chi connectivity index (χ3n) is 4.92. The van der Waals surface area contributed by atoms with Gasteiger partial charge in [-0.2, -0.15) is 18.3 Å². The summed E-state index contributed by atoms with van der Waals surface area (Å²) in [4.78, 5) is 13.1. The number of carbonyl (C=O) groups is 1. The van der Waals surface area contributed by atoms with Crippen molar-refractivity contribution in [3.05, 3.63) is 71.8 Å². The molecule has 0 fully saturated rings. The second-order valence-corrected chi connectivity index (χ2v) is 6.77. The number of anilines is 1. The van der Waals surface area contributed by atoms with Gasteiger partial charge in [-0.3, -0.25) is 9.48 Å². The highest BCUT2D eigenvalue weighted by Gasteiger charge is 2.68. The van der Waals surface area contributed by atoms with Gasteiger partial charge in [0.2, 0.25) is 0 Å². The zero-order chi connectivity index (χ0) is 21.0. The van der Waals surface area contributed by atoms with Crippen LogP contribution in [0.2, 0.25) is 0 Å². The molecule has 3 aromatic rings. The van der Waals surface area contributed by atoms with E-state index in [-0.39, 0.29) is 11.3 Å². The molecule has 0 bridgehead atoms. The number of halogens is 5. The van der Waals surface area contributed by atoms with E-state index in [1.54, 1.807) is 24.0 Å². The summed E-state index contributed by atoms with van der Waals surface area (Å²) >= 11 is 0. The molecular weight excluding hydrogens is 393 g/mol. The smallest absolute Gasteiger partial charge is 0.304 e. The number of alkyl halides is 4. The van der Waals surface area contributed by atoms with E-state index >= 15 is 0 Å². The van der Waals surface area contributed by atoms with Crippen molar-refractivity contribution in [3.63, 3.8) is 0 Å². The molecule has 29 heavy (non-hydrogen) atoms. The van der Waals surface area contributed by atoms with E-state index in [0.717, 1.165) is 6.07 Å². The zero-order valence-corrected chi connectivity index (χ0v) is 15.0. The maximum atomic E-state index is 14.9. The lowest BCUT2D eigenvalue weighted by Gasteiger charge is -2.23. The third-order valence-corrected chi connectivity index (χ3v) is 4.92. The Bertz CT molecular complexity index is 1110. The van der Waals surface area contributed by atoms with Crippen molar-refractivity contribution in [1.29, 1.82) is 0 Å². The van der Waals surface area contributed by atoms with Gasteiger partial charge in [-0.05, 0) is 17.7 Å². The lowest BCUT2D eigenvalue weighted by molar-refractivity contribution is -0.227. The van der Waals surface area contributed by atoms with E-state index in [2.05, 4.69) is 5.10 Å². The molecule has 1 aliphatic heterocycles. The van der Waals surface area contributed by atoms with E-state index < -0.39 is 35.7 Å². The minimum absolute atomic E-state index is 0.0350. The molecule has 9 heteroatoms. The monoisotopic (exact) mass is 407 g/mol.